The van der Waals surface area contributed by atoms with Gasteiger partial charge in [0.15, 0.2) is 0 Å². The molecule has 0 spiro atoms. The first kappa shape index (κ1) is 14.4. The van der Waals surface area contributed by atoms with E-state index in [9.17, 15) is 0 Å². The van der Waals surface area contributed by atoms with Crippen LogP contribution in [0.3, 0.4) is 0 Å². The van der Waals surface area contributed by atoms with Gasteiger partial charge in [0.2, 0.25) is 0 Å². The maximum absolute atomic E-state index is 6.32. The van der Waals surface area contributed by atoms with Crippen molar-refractivity contribution >= 4 is 38.6 Å². The molecule has 3 nitrogen and oxygen atoms in total. The van der Waals surface area contributed by atoms with E-state index in [-0.39, 0.29) is 5.38 Å². The topological polar surface area (TPSA) is 27.1 Å². The van der Waals surface area contributed by atoms with Crippen LogP contribution in [-0.4, -0.2) is 22.8 Å². The molecule has 0 aliphatic carbocycles. The van der Waals surface area contributed by atoms with E-state index >= 15 is 0 Å². The molecule has 0 amide bonds. The van der Waals surface area contributed by atoms with Gasteiger partial charge in [0.1, 0.15) is 5.82 Å². The Bertz CT molecular complexity index is 605. The van der Waals surface area contributed by atoms with Crippen LogP contribution in [0.25, 0.3) is 11.0 Å². The van der Waals surface area contributed by atoms with Gasteiger partial charge in [-0.2, -0.15) is 0 Å². The van der Waals surface area contributed by atoms with Crippen molar-refractivity contribution in [1.82, 2.24) is 9.55 Å². The van der Waals surface area contributed by atoms with Crippen LogP contribution >= 0.6 is 27.5 Å². The third kappa shape index (κ3) is 2.87. The van der Waals surface area contributed by atoms with Crippen LogP contribution in [-0.2, 0) is 11.3 Å². The Morgan fingerprint density at radius 1 is 1.45 bits per heavy atom. The largest absolute Gasteiger partial charge is 0.381 e. The van der Waals surface area contributed by atoms with Gasteiger partial charge in [-0.15, -0.1) is 11.6 Å². The molecule has 1 aliphatic rings. The number of alkyl halides is 1. The maximum atomic E-state index is 6.32. The summed E-state index contributed by atoms with van der Waals surface area (Å²) in [6, 6.07) is 6.20. The Morgan fingerprint density at radius 3 is 2.90 bits per heavy atom. The van der Waals surface area contributed by atoms with E-state index in [2.05, 4.69) is 26.6 Å². The summed E-state index contributed by atoms with van der Waals surface area (Å²) in [6.07, 6.45) is 2.23. The van der Waals surface area contributed by atoms with Gasteiger partial charge < -0.3 is 9.30 Å². The molecule has 1 aromatic carbocycles. The first-order valence-corrected chi connectivity index (χ1v) is 8.25. The molecule has 0 bridgehead atoms. The van der Waals surface area contributed by atoms with Crippen LogP contribution in [0.1, 0.15) is 31.0 Å². The molecule has 20 heavy (non-hydrogen) atoms. The average molecular weight is 358 g/mol. The van der Waals surface area contributed by atoms with Crippen molar-refractivity contribution in [3.8, 4) is 0 Å². The summed E-state index contributed by atoms with van der Waals surface area (Å²) in [5.74, 6) is 1.61. The fraction of sp³-hybridized carbons (Fsp3) is 0.533. The number of hydrogen-bond donors (Lipinski definition) is 0. The van der Waals surface area contributed by atoms with Crippen molar-refractivity contribution in [2.45, 2.75) is 31.7 Å². The van der Waals surface area contributed by atoms with Crippen molar-refractivity contribution in [1.29, 1.82) is 0 Å². The van der Waals surface area contributed by atoms with E-state index < -0.39 is 0 Å². The van der Waals surface area contributed by atoms with Crippen LogP contribution in [0.4, 0.5) is 0 Å². The minimum Gasteiger partial charge on any atom is -0.381 e. The second-order valence-electron chi connectivity index (χ2n) is 5.39. The average Bonchev–Trinajstić information content (AvgIpc) is 2.78. The van der Waals surface area contributed by atoms with Crippen LogP contribution in [0.2, 0.25) is 0 Å². The van der Waals surface area contributed by atoms with E-state index in [4.69, 9.17) is 21.3 Å². The number of benzene rings is 1. The molecule has 1 aliphatic heterocycles. The summed E-state index contributed by atoms with van der Waals surface area (Å²) >= 11 is 9.86. The molecule has 108 valence electrons. The van der Waals surface area contributed by atoms with Crippen molar-refractivity contribution in [2.24, 2.45) is 5.92 Å². The molecular formula is C15H18BrClN2O. The molecule has 1 fully saturated rings. The first-order chi connectivity index (χ1) is 9.65. The summed E-state index contributed by atoms with van der Waals surface area (Å²) in [5.41, 5.74) is 2.18. The normalized spacial score (nSPS) is 18.6. The standard InChI is InChI=1S/C15H18BrClN2O/c1-10(17)15-18-13-3-2-12(16)8-14(13)19(15)9-11-4-6-20-7-5-11/h2-3,8,10-11H,4-7,9H2,1H3. The summed E-state index contributed by atoms with van der Waals surface area (Å²) in [7, 11) is 0. The van der Waals surface area contributed by atoms with Crippen LogP contribution < -0.4 is 0 Å². The third-order valence-corrected chi connectivity index (χ3v) is 4.57. The van der Waals surface area contributed by atoms with Crippen molar-refractivity contribution < 1.29 is 4.74 Å². The Balaban J connectivity index is 2.01. The molecule has 0 N–H and O–H groups in total. The minimum absolute atomic E-state index is 0.0824. The Morgan fingerprint density at radius 2 is 2.20 bits per heavy atom. The predicted octanol–water partition coefficient (Wildman–Crippen LogP) is 4.53. The molecular weight excluding hydrogens is 340 g/mol. The SMILES string of the molecule is CC(Cl)c1nc2ccc(Br)cc2n1CC1CCOCC1. The number of halogens is 2. The predicted molar refractivity (Wildman–Crippen MR) is 85.2 cm³/mol. The van der Waals surface area contributed by atoms with Gasteiger partial charge >= 0.3 is 0 Å². The van der Waals surface area contributed by atoms with E-state index in [0.717, 1.165) is 53.9 Å². The quantitative estimate of drug-likeness (QED) is 0.755. The van der Waals surface area contributed by atoms with E-state index in [1.807, 2.05) is 19.1 Å². The molecule has 0 saturated carbocycles. The summed E-state index contributed by atoms with van der Waals surface area (Å²) in [6.45, 7) is 4.69. The summed E-state index contributed by atoms with van der Waals surface area (Å²) in [4.78, 5) is 4.70. The molecule has 2 heterocycles. The van der Waals surface area contributed by atoms with Gasteiger partial charge in [0.25, 0.3) is 0 Å². The lowest BCUT2D eigenvalue weighted by atomic mass is 10.0. The Hall–Kier alpha value is -0.580. The lowest BCUT2D eigenvalue weighted by Crippen LogP contribution is -2.21. The number of rotatable bonds is 3. The van der Waals surface area contributed by atoms with E-state index in [1.54, 1.807) is 0 Å². The van der Waals surface area contributed by atoms with Gasteiger partial charge in [0, 0.05) is 24.2 Å². The smallest absolute Gasteiger partial charge is 0.127 e. The molecule has 1 aromatic heterocycles. The number of ether oxygens (including phenoxy) is 1. The highest BCUT2D eigenvalue weighted by molar-refractivity contribution is 9.10. The maximum Gasteiger partial charge on any atom is 0.127 e. The summed E-state index contributed by atoms with van der Waals surface area (Å²) < 4.78 is 8.81. The van der Waals surface area contributed by atoms with Gasteiger partial charge in [-0.3, -0.25) is 0 Å². The van der Waals surface area contributed by atoms with E-state index in [0.29, 0.717) is 5.92 Å². The summed E-state index contributed by atoms with van der Waals surface area (Å²) in [5, 5.41) is -0.0824. The zero-order chi connectivity index (χ0) is 14.1. The number of nitrogens with zero attached hydrogens (tertiary/aromatic N) is 2. The zero-order valence-corrected chi connectivity index (χ0v) is 13.8. The second kappa shape index (κ2) is 6.04. The molecule has 0 radical (unpaired) electrons. The Labute approximate surface area is 132 Å². The van der Waals surface area contributed by atoms with Crippen molar-refractivity contribution in [3.05, 3.63) is 28.5 Å². The molecule has 1 saturated heterocycles. The molecule has 1 atom stereocenters. The van der Waals surface area contributed by atoms with Gasteiger partial charge in [0.05, 0.1) is 16.4 Å². The lowest BCUT2D eigenvalue weighted by Gasteiger charge is -2.24. The second-order valence-corrected chi connectivity index (χ2v) is 6.96. The molecule has 3 rings (SSSR count). The fourth-order valence-electron chi connectivity index (χ4n) is 2.80. The monoisotopic (exact) mass is 356 g/mol. The highest BCUT2D eigenvalue weighted by Gasteiger charge is 2.20. The third-order valence-electron chi connectivity index (χ3n) is 3.88. The fourth-order valence-corrected chi connectivity index (χ4v) is 3.31. The lowest BCUT2D eigenvalue weighted by molar-refractivity contribution is 0.0613. The minimum atomic E-state index is -0.0824. The molecule has 1 unspecified atom stereocenters. The number of imidazole rings is 1. The first-order valence-electron chi connectivity index (χ1n) is 7.02. The van der Waals surface area contributed by atoms with E-state index in [1.165, 1.54) is 0 Å². The number of fused-ring (bicyclic) bond motifs is 1. The van der Waals surface area contributed by atoms with Gasteiger partial charge in [-0.25, -0.2) is 4.98 Å². The number of hydrogen-bond acceptors (Lipinski definition) is 2. The highest BCUT2D eigenvalue weighted by atomic mass is 79.9. The van der Waals surface area contributed by atoms with Crippen LogP contribution in [0.15, 0.2) is 22.7 Å². The molecule has 5 heteroatoms. The van der Waals surface area contributed by atoms with Crippen molar-refractivity contribution in [2.75, 3.05) is 13.2 Å². The van der Waals surface area contributed by atoms with Gasteiger partial charge in [-0.05, 0) is 43.9 Å². The zero-order valence-electron chi connectivity index (χ0n) is 11.5. The van der Waals surface area contributed by atoms with Crippen LogP contribution in [0, 0.1) is 5.92 Å². The number of aromatic nitrogens is 2. The van der Waals surface area contributed by atoms with Crippen molar-refractivity contribution in [3.63, 3.8) is 0 Å². The Kier molecular flexibility index (Phi) is 4.34. The van der Waals surface area contributed by atoms with Crippen LogP contribution in [0.5, 0.6) is 0 Å². The molecule has 2 aromatic rings. The van der Waals surface area contributed by atoms with Gasteiger partial charge in [-0.1, -0.05) is 15.9 Å². The highest BCUT2D eigenvalue weighted by Crippen LogP contribution is 2.29.